The van der Waals surface area contributed by atoms with Gasteiger partial charge in [0.2, 0.25) is 10.0 Å². The molecule has 1 fully saturated rings. The molecule has 2 heterocycles. The third-order valence-electron chi connectivity index (χ3n) is 4.76. The number of nitrogens with one attached hydrogen (secondary N) is 2. The summed E-state index contributed by atoms with van der Waals surface area (Å²) in [6.07, 6.45) is 4.48. The van der Waals surface area contributed by atoms with Crippen molar-refractivity contribution < 1.29 is 13.5 Å². The number of aromatic nitrogens is 4. The Balaban J connectivity index is 1.58. The second-order valence-corrected chi connectivity index (χ2v) is 8.40. The summed E-state index contributed by atoms with van der Waals surface area (Å²) < 4.78 is 24.4. The first-order valence-corrected chi connectivity index (χ1v) is 10.5. The van der Waals surface area contributed by atoms with Gasteiger partial charge in [0.15, 0.2) is 0 Å². The Morgan fingerprint density at radius 2 is 1.86 bits per heavy atom. The van der Waals surface area contributed by atoms with Crippen LogP contribution in [-0.2, 0) is 10.0 Å². The molecular formula is C17H21N7O3S. The van der Waals surface area contributed by atoms with Crippen LogP contribution >= 0.6 is 0 Å². The number of hydrogen-bond donors (Lipinski definition) is 4. The highest BCUT2D eigenvalue weighted by atomic mass is 32.2. The SMILES string of the molecule is NS(=O)(=O)c1ccc(Nc2cc(N[C@H]3CC[C@H](O)CC3)nc3ncnn23)cc1. The minimum atomic E-state index is -3.74. The summed E-state index contributed by atoms with van der Waals surface area (Å²) in [4.78, 5) is 8.68. The molecule has 1 aliphatic carbocycles. The van der Waals surface area contributed by atoms with E-state index >= 15 is 0 Å². The number of fused-ring (bicyclic) bond motifs is 1. The van der Waals surface area contributed by atoms with Crippen LogP contribution in [0, 0.1) is 0 Å². The maximum atomic E-state index is 11.4. The van der Waals surface area contributed by atoms with Gasteiger partial charge in [-0.25, -0.2) is 13.6 Å². The third kappa shape index (κ3) is 4.06. The molecule has 2 aromatic heterocycles. The lowest BCUT2D eigenvalue weighted by atomic mass is 9.93. The number of aliphatic hydroxyl groups excluding tert-OH is 1. The van der Waals surface area contributed by atoms with Crippen LogP contribution in [0.3, 0.4) is 0 Å². The number of benzene rings is 1. The van der Waals surface area contributed by atoms with E-state index in [1.165, 1.54) is 18.5 Å². The molecule has 0 aliphatic heterocycles. The summed E-state index contributed by atoms with van der Waals surface area (Å²) >= 11 is 0. The lowest BCUT2D eigenvalue weighted by molar-refractivity contribution is 0.126. The molecule has 10 nitrogen and oxygen atoms in total. The molecule has 5 N–H and O–H groups in total. The number of aliphatic hydroxyl groups is 1. The van der Waals surface area contributed by atoms with Crippen LogP contribution in [-0.4, -0.2) is 45.3 Å². The van der Waals surface area contributed by atoms with Gasteiger partial charge in [-0.1, -0.05) is 0 Å². The minimum absolute atomic E-state index is 0.0422. The number of nitrogens with zero attached hydrogens (tertiary/aromatic N) is 4. The number of hydrogen-bond acceptors (Lipinski definition) is 8. The largest absolute Gasteiger partial charge is 0.393 e. The third-order valence-corrected chi connectivity index (χ3v) is 5.69. The zero-order chi connectivity index (χ0) is 19.7. The van der Waals surface area contributed by atoms with Crippen molar-refractivity contribution in [2.75, 3.05) is 10.6 Å². The first-order valence-electron chi connectivity index (χ1n) is 8.94. The molecule has 28 heavy (non-hydrogen) atoms. The molecule has 0 amide bonds. The summed E-state index contributed by atoms with van der Waals surface area (Å²) in [5.41, 5.74) is 0.669. The van der Waals surface area contributed by atoms with Crippen molar-refractivity contribution in [2.45, 2.75) is 42.7 Å². The van der Waals surface area contributed by atoms with Crippen LogP contribution in [0.1, 0.15) is 25.7 Å². The fourth-order valence-corrected chi connectivity index (χ4v) is 3.80. The quantitative estimate of drug-likeness (QED) is 0.497. The molecule has 1 saturated carbocycles. The zero-order valence-electron chi connectivity index (χ0n) is 15.0. The molecule has 4 rings (SSSR count). The van der Waals surface area contributed by atoms with Crippen LogP contribution in [0.4, 0.5) is 17.3 Å². The van der Waals surface area contributed by atoms with Crippen molar-refractivity contribution in [3.8, 4) is 0 Å². The van der Waals surface area contributed by atoms with E-state index in [4.69, 9.17) is 5.14 Å². The van der Waals surface area contributed by atoms with Gasteiger partial charge in [-0.05, 0) is 49.9 Å². The Bertz CT molecular complexity index is 1070. The molecule has 0 bridgehead atoms. The summed E-state index contributed by atoms with van der Waals surface area (Å²) in [6, 6.07) is 8.17. The summed E-state index contributed by atoms with van der Waals surface area (Å²) in [5, 5.41) is 25.6. The zero-order valence-corrected chi connectivity index (χ0v) is 15.8. The van der Waals surface area contributed by atoms with E-state index in [0.717, 1.165) is 25.7 Å². The monoisotopic (exact) mass is 403 g/mol. The Hall–Kier alpha value is -2.76. The van der Waals surface area contributed by atoms with Crippen molar-refractivity contribution in [1.82, 2.24) is 19.6 Å². The first-order chi connectivity index (χ1) is 13.4. The van der Waals surface area contributed by atoms with Gasteiger partial charge < -0.3 is 15.7 Å². The molecule has 148 valence electrons. The van der Waals surface area contributed by atoms with Gasteiger partial charge in [0.1, 0.15) is 18.0 Å². The van der Waals surface area contributed by atoms with Gasteiger partial charge in [0.25, 0.3) is 5.78 Å². The molecule has 11 heteroatoms. The Morgan fingerprint density at radius 1 is 1.14 bits per heavy atom. The first kappa shape index (κ1) is 18.6. The molecule has 1 aromatic carbocycles. The van der Waals surface area contributed by atoms with E-state index in [9.17, 15) is 13.5 Å². The Morgan fingerprint density at radius 3 is 2.54 bits per heavy atom. The van der Waals surface area contributed by atoms with E-state index in [-0.39, 0.29) is 17.0 Å². The van der Waals surface area contributed by atoms with Crippen molar-refractivity contribution in [3.63, 3.8) is 0 Å². The highest BCUT2D eigenvalue weighted by Crippen LogP contribution is 2.25. The average molecular weight is 403 g/mol. The molecule has 3 aromatic rings. The minimum Gasteiger partial charge on any atom is -0.393 e. The highest BCUT2D eigenvalue weighted by molar-refractivity contribution is 7.89. The average Bonchev–Trinajstić information content (AvgIpc) is 3.12. The Kier molecular flexibility index (Phi) is 4.87. The molecule has 0 atom stereocenters. The second-order valence-electron chi connectivity index (χ2n) is 6.84. The van der Waals surface area contributed by atoms with E-state index in [1.807, 2.05) is 6.07 Å². The smallest absolute Gasteiger partial charge is 0.256 e. The van der Waals surface area contributed by atoms with Crippen LogP contribution in [0.2, 0.25) is 0 Å². The normalized spacial score (nSPS) is 20.2. The summed E-state index contributed by atoms with van der Waals surface area (Å²) in [6.45, 7) is 0. The maximum Gasteiger partial charge on any atom is 0.256 e. The maximum absolute atomic E-state index is 11.4. The van der Waals surface area contributed by atoms with E-state index < -0.39 is 10.0 Å². The molecule has 0 saturated heterocycles. The number of rotatable bonds is 5. The topological polar surface area (TPSA) is 148 Å². The van der Waals surface area contributed by atoms with Crippen LogP contribution < -0.4 is 15.8 Å². The van der Waals surface area contributed by atoms with Crippen molar-refractivity contribution in [3.05, 3.63) is 36.7 Å². The highest BCUT2D eigenvalue weighted by Gasteiger charge is 2.20. The molecule has 0 spiro atoms. The number of nitrogens with two attached hydrogens (primary N) is 1. The predicted molar refractivity (Wildman–Crippen MR) is 104 cm³/mol. The van der Waals surface area contributed by atoms with Crippen molar-refractivity contribution in [2.24, 2.45) is 5.14 Å². The van der Waals surface area contributed by atoms with Crippen molar-refractivity contribution in [1.29, 1.82) is 0 Å². The molecule has 1 aliphatic rings. The lowest BCUT2D eigenvalue weighted by Gasteiger charge is -2.26. The van der Waals surface area contributed by atoms with E-state index in [1.54, 1.807) is 16.6 Å². The summed E-state index contributed by atoms with van der Waals surface area (Å²) in [7, 11) is -3.74. The predicted octanol–water partition coefficient (Wildman–Crippen LogP) is 1.23. The molecular weight excluding hydrogens is 382 g/mol. The number of primary sulfonamides is 1. The van der Waals surface area contributed by atoms with Gasteiger partial charge in [-0.3, -0.25) is 0 Å². The number of sulfonamides is 1. The second kappa shape index (κ2) is 7.34. The fraction of sp³-hybridized carbons (Fsp3) is 0.353. The van der Waals surface area contributed by atoms with Crippen LogP contribution in [0.15, 0.2) is 41.6 Å². The van der Waals surface area contributed by atoms with E-state index in [2.05, 4.69) is 25.7 Å². The van der Waals surface area contributed by atoms with Gasteiger partial charge in [0.05, 0.1) is 11.0 Å². The van der Waals surface area contributed by atoms with Crippen molar-refractivity contribution >= 4 is 33.1 Å². The Labute approximate surface area is 161 Å². The van der Waals surface area contributed by atoms with Crippen LogP contribution in [0.5, 0.6) is 0 Å². The lowest BCUT2D eigenvalue weighted by Crippen LogP contribution is -2.28. The standard InChI is InChI=1S/C17H21N7O3S/c18-28(26,27)14-7-3-12(4-8-14)22-16-9-15(23-17-19-10-20-24(16)17)21-11-1-5-13(25)6-2-11/h3-4,7-11,13,22,25H,1-2,5-6H2,(H2,18,26,27)(H,19,20,21,23)/t11-,13-. The fourth-order valence-electron chi connectivity index (χ4n) is 3.28. The molecule has 0 radical (unpaired) electrons. The molecule has 0 unspecified atom stereocenters. The van der Waals surface area contributed by atoms with E-state index in [0.29, 0.717) is 23.1 Å². The van der Waals surface area contributed by atoms with Gasteiger partial charge in [0, 0.05) is 17.8 Å². The van der Waals surface area contributed by atoms with Gasteiger partial charge >= 0.3 is 0 Å². The summed E-state index contributed by atoms with van der Waals surface area (Å²) in [5.74, 6) is 1.72. The van der Waals surface area contributed by atoms with Gasteiger partial charge in [-0.2, -0.15) is 19.6 Å². The van der Waals surface area contributed by atoms with Gasteiger partial charge in [-0.15, -0.1) is 0 Å². The number of anilines is 3. The van der Waals surface area contributed by atoms with Crippen LogP contribution in [0.25, 0.3) is 5.78 Å².